The van der Waals surface area contributed by atoms with Gasteiger partial charge in [-0.05, 0) is 17.7 Å². The lowest BCUT2D eigenvalue weighted by molar-refractivity contribution is 0.285. The standard InChI is InChI=1S/C11H15N3O/c1-14(2)13-9-10-4-3-5-11(8-10)15-7-6-12/h3-5,8,13H,7,9H2,1-2H3. The van der Waals surface area contributed by atoms with Crippen LogP contribution in [0.1, 0.15) is 5.56 Å². The van der Waals surface area contributed by atoms with Crippen molar-refractivity contribution in [3.63, 3.8) is 0 Å². The van der Waals surface area contributed by atoms with Crippen molar-refractivity contribution in [2.24, 2.45) is 0 Å². The molecule has 0 heterocycles. The summed E-state index contributed by atoms with van der Waals surface area (Å²) in [5.41, 5.74) is 4.28. The van der Waals surface area contributed by atoms with Crippen LogP contribution >= 0.6 is 0 Å². The minimum absolute atomic E-state index is 0.0879. The second-order valence-electron chi connectivity index (χ2n) is 3.32. The first-order chi connectivity index (χ1) is 7.22. The maximum absolute atomic E-state index is 8.38. The van der Waals surface area contributed by atoms with Crippen molar-refractivity contribution in [1.29, 1.82) is 5.26 Å². The summed E-state index contributed by atoms with van der Waals surface area (Å²) in [6.45, 7) is 0.835. The van der Waals surface area contributed by atoms with Gasteiger partial charge in [0.15, 0.2) is 6.61 Å². The lowest BCUT2D eigenvalue weighted by Gasteiger charge is -2.12. The molecule has 4 nitrogen and oxygen atoms in total. The third-order valence-electron chi connectivity index (χ3n) is 1.80. The monoisotopic (exact) mass is 205 g/mol. The van der Waals surface area contributed by atoms with Gasteiger partial charge in [-0.15, -0.1) is 0 Å². The highest BCUT2D eigenvalue weighted by molar-refractivity contribution is 5.28. The van der Waals surface area contributed by atoms with Crippen molar-refractivity contribution < 1.29 is 4.74 Å². The number of hydrogen-bond acceptors (Lipinski definition) is 4. The Morgan fingerprint density at radius 1 is 1.47 bits per heavy atom. The molecule has 0 atom stereocenters. The third-order valence-corrected chi connectivity index (χ3v) is 1.80. The van der Waals surface area contributed by atoms with E-state index in [1.54, 1.807) is 0 Å². The van der Waals surface area contributed by atoms with Gasteiger partial charge in [0.1, 0.15) is 11.8 Å². The molecule has 0 bridgehead atoms. The van der Waals surface area contributed by atoms with Crippen LogP contribution in [0.25, 0.3) is 0 Å². The molecular weight excluding hydrogens is 190 g/mol. The van der Waals surface area contributed by atoms with Crippen LogP contribution in [0.4, 0.5) is 0 Å². The molecule has 1 rings (SSSR count). The summed E-state index contributed by atoms with van der Waals surface area (Å²) in [4.78, 5) is 0. The maximum Gasteiger partial charge on any atom is 0.174 e. The van der Waals surface area contributed by atoms with Crippen LogP contribution in [0.5, 0.6) is 5.75 Å². The molecule has 0 aliphatic heterocycles. The number of ether oxygens (including phenoxy) is 1. The molecule has 0 amide bonds. The molecule has 0 saturated heterocycles. The third kappa shape index (κ3) is 4.45. The van der Waals surface area contributed by atoms with Crippen LogP contribution in [0, 0.1) is 11.3 Å². The summed E-state index contributed by atoms with van der Waals surface area (Å²) in [7, 11) is 3.88. The fourth-order valence-corrected chi connectivity index (χ4v) is 1.11. The van der Waals surface area contributed by atoms with Crippen molar-refractivity contribution in [2.75, 3.05) is 20.7 Å². The molecule has 15 heavy (non-hydrogen) atoms. The van der Waals surface area contributed by atoms with Crippen molar-refractivity contribution in [3.05, 3.63) is 29.8 Å². The highest BCUT2D eigenvalue weighted by Crippen LogP contribution is 2.12. The van der Waals surface area contributed by atoms with E-state index in [4.69, 9.17) is 10.00 Å². The highest BCUT2D eigenvalue weighted by atomic mass is 16.5. The molecule has 80 valence electrons. The molecule has 0 unspecified atom stereocenters. The molecule has 0 aliphatic rings. The molecule has 1 aromatic carbocycles. The van der Waals surface area contributed by atoms with Crippen molar-refractivity contribution >= 4 is 0 Å². The Bertz CT molecular complexity index is 344. The summed E-state index contributed by atoms with van der Waals surface area (Å²) in [5.74, 6) is 0.731. The van der Waals surface area contributed by atoms with E-state index in [-0.39, 0.29) is 6.61 Å². The number of benzene rings is 1. The molecule has 1 N–H and O–H groups in total. The predicted octanol–water partition coefficient (Wildman–Crippen LogP) is 1.16. The van der Waals surface area contributed by atoms with Crippen LogP contribution in [-0.4, -0.2) is 25.7 Å². The van der Waals surface area contributed by atoms with E-state index >= 15 is 0 Å². The van der Waals surface area contributed by atoms with E-state index in [0.717, 1.165) is 17.9 Å². The zero-order chi connectivity index (χ0) is 11.1. The second-order valence-corrected chi connectivity index (χ2v) is 3.32. The maximum atomic E-state index is 8.38. The fraction of sp³-hybridized carbons (Fsp3) is 0.364. The van der Waals surface area contributed by atoms with Crippen LogP contribution in [-0.2, 0) is 6.54 Å². The average molecular weight is 205 g/mol. The lowest BCUT2D eigenvalue weighted by Crippen LogP contribution is -2.29. The molecule has 0 fully saturated rings. The first-order valence-electron chi connectivity index (χ1n) is 4.72. The van der Waals surface area contributed by atoms with Crippen molar-refractivity contribution in [2.45, 2.75) is 6.54 Å². The normalized spacial score (nSPS) is 10.0. The van der Waals surface area contributed by atoms with Gasteiger partial charge in [0.05, 0.1) is 0 Å². The van der Waals surface area contributed by atoms with Crippen LogP contribution in [0.3, 0.4) is 0 Å². The summed E-state index contributed by atoms with van der Waals surface area (Å²) in [6.07, 6.45) is 0. The number of nitrogens with zero attached hydrogens (tertiary/aromatic N) is 2. The molecule has 4 heteroatoms. The minimum Gasteiger partial charge on any atom is -0.479 e. The van der Waals surface area contributed by atoms with Crippen molar-refractivity contribution in [1.82, 2.24) is 10.4 Å². The summed E-state index contributed by atoms with van der Waals surface area (Å²) in [6, 6.07) is 9.63. The molecule has 0 spiro atoms. The first-order valence-corrected chi connectivity index (χ1v) is 4.72. The average Bonchev–Trinajstić information content (AvgIpc) is 2.24. The van der Waals surface area contributed by atoms with Gasteiger partial charge in [-0.2, -0.15) is 5.26 Å². The van der Waals surface area contributed by atoms with E-state index < -0.39 is 0 Å². The van der Waals surface area contributed by atoms with Gasteiger partial charge in [-0.25, -0.2) is 0 Å². The van der Waals surface area contributed by atoms with Crippen LogP contribution in [0.2, 0.25) is 0 Å². The Hall–Kier alpha value is -1.57. The van der Waals surface area contributed by atoms with Crippen LogP contribution < -0.4 is 10.2 Å². The van der Waals surface area contributed by atoms with Gasteiger partial charge in [0, 0.05) is 20.6 Å². The minimum atomic E-state index is 0.0879. The zero-order valence-electron chi connectivity index (χ0n) is 9.03. The largest absolute Gasteiger partial charge is 0.479 e. The van der Waals surface area contributed by atoms with E-state index in [1.165, 1.54) is 0 Å². The summed E-state index contributed by atoms with van der Waals surface area (Å²) >= 11 is 0. The van der Waals surface area contributed by atoms with Gasteiger partial charge < -0.3 is 4.74 Å². The van der Waals surface area contributed by atoms with Gasteiger partial charge in [0.25, 0.3) is 0 Å². The predicted molar refractivity (Wildman–Crippen MR) is 58.1 cm³/mol. The topological polar surface area (TPSA) is 48.3 Å². The Balaban J connectivity index is 2.54. The zero-order valence-corrected chi connectivity index (χ0v) is 9.03. The van der Waals surface area contributed by atoms with Gasteiger partial charge in [-0.3, -0.25) is 10.4 Å². The van der Waals surface area contributed by atoms with Gasteiger partial charge >= 0.3 is 0 Å². The Labute approximate surface area is 90.0 Å². The highest BCUT2D eigenvalue weighted by Gasteiger charge is 1.97. The van der Waals surface area contributed by atoms with Gasteiger partial charge in [-0.1, -0.05) is 12.1 Å². The molecule has 0 aliphatic carbocycles. The number of hydrazine groups is 1. The fourth-order valence-electron chi connectivity index (χ4n) is 1.11. The van der Waals surface area contributed by atoms with E-state index in [1.807, 2.05) is 49.4 Å². The second kappa shape index (κ2) is 6.02. The summed E-state index contributed by atoms with van der Waals surface area (Å²) in [5, 5.41) is 10.3. The van der Waals surface area contributed by atoms with E-state index in [9.17, 15) is 0 Å². The lowest BCUT2D eigenvalue weighted by atomic mass is 10.2. The number of nitrogens with one attached hydrogen (secondary N) is 1. The Morgan fingerprint density at radius 2 is 2.27 bits per heavy atom. The smallest absolute Gasteiger partial charge is 0.174 e. The first kappa shape index (κ1) is 11.5. The number of hydrogen-bond donors (Lipinski definition) is 1. The van der Waals surface area contributed by atoms with Gasteiger partial charge in [0.2, 0.25) is 0 Å². The Kier molecular flexibility index (Phi) is 4.61. The SMILES string of the molecule is CN(C)NCc1cccc(OCC#N)c1. The van der Waals surface area contributed by atoms with Crippen LogP contribution in [0.15, 0.2) is 24.3 Å². The van der Waals surface area contributed by atoms with E-state index in [2.05, 4.69) is 5.43 Å². The number of nitriles is 1. The Morgan fingerprint density at radius 3 is 2.93 bits per heavy atom. The molecule has 0 saturated carbocycles. The van der Waals surface area contributed by atoms with E-state index in [0.29, 0.717) is 0 Å². The molecule has 0 radical (unpaired) electrons. The summed E-state index contributed by atoms with van der Waals surface area (Å²) < 4.78 is 5.20. The number of rotatable bonds is 5. The molecule has 0 aromatic heterocycles. The van der Waals surface area contributed by atoms with Crippen molar-refractivity contribution in [3.8, 4) is 11.8 Å². The molecular formula is C11H15N3O. The quantitative estimate of drug-likeness (QED) is 0.733. The molecule has 1 aromatic rings.